The maximum absolute atomic E-state index is 12.5. The normalized spacial score (nSPS) is 22.9. The Bertz CT molecular complexity index is 2310. The fraction of sp³-hybridized carbons (Fsp3) is 0.432. The molecule has 0 spiro atoms. The summed E-state index contributed by atoms with van der Waals surface area (Å²) in [4.78, 5) is 46.1. The fourth-order valence-electron chi connectivity index (χ4n) is 7.70. The van der Waals surface area contributed by atoms with Gasteiger partial charge in [-0.1, -0.05) is 72.3 Å². The third-order valence-corrected chi connectivity index (χ3v) is 12.5. The smallest absolute Gasteiger partial charge is 0.271 e. The van der Waals surface area contributed by atoms with Crippen LogP contribution in [-0.2, 0) is 20.8 Å². The highest BCUT2D eigenvalue weighted by atomic mass is 79.9. The number of benzene rings is 3. The van der Waals surface area contributed by atoms with Gasteiger partial charge in [-0.15, -0.1) is 0 Å². The summed E-state index contributed by atoms with van der Waals surface area (Å²) in [7, 11) is 2.18. The molecule has 8 rings (SSSR count). The molecule has 6 atom stereocenters. The minimum atomic E-state index is -1.29. The van der Waals surface area contributed by atoms with Gasteiger partial charge in [0.05, 0.1) is 53.9 Å². The lowest BCUT2D eigenvalue weighted by atomic mass is 9.97. The number of piperidine rings is 2. The molecule has 1 amide bonds. The number of ketones is 1. The second kappa shape index (κ2) is 22.3. The number of ether oxygens (including phenoxy) is 2. The number of hydrogen-bond acceptors (Lipinski definition) is 14. The van der Waals surface area contributed by atoms with Gasteiger partial charge >= 0.3 is 0 Å². The summed E-state index contributed by atoms with van der Waals surface area (Å²) in [5.74, 6) is -1.00. The standard InChI is InChI=1S/C19H23NO.C16H17BrClN3O3.C9H14N4O5/c1-20-14-12-18(13-15-20)21-19(16-8-4-2-5-9-16)17-10-6-3-7-11-17;17-11-6-13-10(5-12(11)18)16(24)21(8-20-13)7-9(22)4-14-15(23)2-1-3-19-14;10-7-4(8(11)17)12-2-13(7)9-6(16)5(15)3(1-14)18-9/h2-11,18-19H,12-15H2,1H3;5-6,8,14-15,19,23H,1-4,7H2;2-3,5-6,9,14-16H,1,10H2,(H2,11,17)/t;14-,15+;3-,5-,6-,9-/m.01/s1. The summed E-state index contributed by atoms with van der Waals surface area (Å²) in [5, 5.41) is 42.2. The average Bonchev–Trinajstić information content (AvgIpc) is 3.81. The van der Waals surface area contributed by atoms with E-state index in [-0.39, 0.29) is 48.0 Å². The molecule has 3 saturated heterocycles. The highest BCUT2D eigenvalue weighted by Crippen LogP contribution is 2.32. The van der Waals surface area contributed by atoms with E-state index in [1.165, 1.54) is 32.9 Å². The number of likely N-dealkylation sites (tertiary alicyclic amines) is 1. The average molecular weight is 954 g/mol. The van der Waals surface area contributed by atoms with Gasteiger partial charge in [-0.25, -0.2) is 9.97 Å². The number of halogens is 2. The fourth-order valence-corrected chi connectivity index (χ4v) is 8.20. The number of rotatable bonds is 11. The number of nitrogens with zero attached hydrogens (tertiary/aromatic N) is 5. The lowest BCUT2D eigenvalue weighted by Gasteiger charge is -2.32. The first-order chi connectivity index (χ1) is 30.2. The van der Waals surface area contributed by atoms with Gasteiger partial charge in [-0.3, -0.25) is 23.5 Å². The number of nitrogen functional groups attached to an aromatic ring is 1. The van der Waals surface area contributed by atoms with E-state index in [1.807, 2.05) is 0 Å². The minimum Gasteiger partial charge on any atom is -0.394 e. The van der Waals surface area contributed by atoms with Crippen LogP contribution in [0.1, 0.15) is 66.1 Å². The van der Waals surface area contributed by atoms with Gasteiger partial charge in [0.2, 0.25) is 0 Å². The van der Waals surface area contributed by atoms with Crippen molar-refractivity contribution in [2.45, 2.75) is 87.5 Å². The van der Waals surface area contributed by atoms with Crippen LogP contribution in [0.4, 0.5) is 5.82 Å². The molecule has 2 aromatic heterocycles. The van der Waals surface area contributed by atoms with Gasteiger partial charge in [0.15, 0.2) is 17.7 Å². The van der Waals surface area contributed by atoms with Gasteiger partial charge in [0.1, 0.15) is 30.2 Å². The number of amides is 1. The summed E-state index contributed by atoms with van der Waals surface area (Å²) < 4.78 is 14.8. The molecule has 0 radical (unpaired) electrons. The number of carbonyl (C=O) groups is 2. The van der Waals surface area contributed by atoms with Crippen LogP contribution in [0.3, 0.4) is 0 Å². The highest BCUT2D eigenvalue weighted by Gasteiger charge is 2.44. The van der Waals surface area contributed by atoms with Crippen LogP contribution >= 0.6 is 27.5 Å². The van der Waals surface area contributed by atoms with E-state index in [4.69, 9.17) is 37.6 Å². The molecule has 63 heavy (non-hydrogen) atoms. The first-order valence-corrected chi connectivity index (χ1v) is 21.9. The zero-order chi connectivity index (χ0) is 45.2. The number of carbonyl (C=O) groups excluding carboxylic acids is 2. The van der Waals surface area contributed by atoms with Crippen molar-refractivity contribution >= 4 is 55.9 Å². The van der Waals surface area contributed by atoms with Crippen molar-refractivity contribution < 1.29 is 39.5 Å². The molecule has 0 aliphatic carbocycles. The number of aliphatic hydroxyl groups excluding tert-OH is 4. The summed E-state index contributed by atoms with van der Waals surface area (Å²) in [6.07, 6.45) is 1.93. The molecule has 5 aromatic rings. The number of aromatic nitrogens is 4. The van der Waals surface area contributed by atoms with E-state index < -0.39 is 43.2 Å². The molecule has 3 aliphatic rings. The summed E-state index contributed by atoms with van der Waals surface area (Å²) in [5.41, 5.74) is 13.2. The Kier molecular flexibility index (Phi) is 17.0. The number of primary amides is 1. The molecule has 3 fully saturated rings. The predicted octanol–water partition coefficient (Wildman–Crippen LogP) is 2.95. The molecule has 3 aromatic carbocycles. The molecule has 0 bridgehead atoms. The highest BCUT2D eigenvalue weighted by molar-refractivity contribution is 9.10. The second-order valence-electron chi connectivity index (χ2n) is 15.8. The second-order valence-corrected chi connectivity index (χ2v) is 17.1. The SMILES string of the molecule is CN1CCC(OC(c2ccccc2)c2ccccc2)CC1.NC(=O)c1ncn([C@@H]2O[C@H](CO)[C@@H](O)[C@H]2O)c1N.O=C(C[C@@H]1NCCC[C@H]1O)Cn1cnc2cc(Br)c(Cl)cc2c1=O. The van der Waals surface area contributed by atoms with E-state index in [2.05, 4.69) is 104 Å². The zero-order valence-electron chi connectivity index (χ0n) is 34.7. The first kappa shape index (κ1) is 47.9. The van der Waals surface area contributed by atoms with Gasteiger partial charge in [0, 0.05) is 30.0 Å². The van der Waals surface area contributed by atoms with Crippen molar-refractivity contribution in [2.75, 3.05) is 39.0 Å². The van der Waals surface area contributed by atoms with Gasteiger partial charge in [-0.05, 0) is 78.5 Å². The van der Waals surface area contributed by atoms with Crippen LogP contribution in [0, 0.1) is 0 Å². The third-order valence-electron chi connectivity index (χ3n) is 11.3. The number of aliphatic hydroxyl groups is 4. The Labute approximate surface area is 377 Å². The Balaban J connectivity index is 0.000000159. The number of imidazole rings is 1. The van der Waals surface area contributed by atoms with Crippen molar-refractivity contribution in [3.8, 4) is 0 Å². The topological polar surface area (TPSA) is 254 Å². The number of anilines is 1. The van der Waals surface area contributed by atoms with E-state index in [0.717, 1.165) is 38.9 Å². The van der Waals surface area contributed by atoms with Crippen LogP contribution in [0.5, 0.6) is 0 Å². The van der Waals surface area contributed by atoms with E-state index in [0.29, 0.717) is 32.9 Å². The maximum atomic E-state index is 12.5. The summed E-state index contributed by atoms with van der Waals surface area (Å²) >= 11 is 9.33. The Morgan fingerprint density at radius 2 is 1.63 bits per heavy atom. The van der Waals surface area contributed by atoms with Crippen molar-refractivity contribution in [1.29, 1.82) is 0 Å². The quantitative estimate of drug-likeness (QED) is 0.101. The monoisotopic (exact) mass is 952 g/mol. The van der Waals surface area contributed by atoms with E-state index in [9.17, 15) is 29.7 Å². The number of hydrogen-bond donors (Lipinski definition) is 7. The largest absolute Gasteiger partial charge is 0.394 e. The van der Waals surface area contributed by atoms with E-state index >= 15 is 0 Å². The van der Waals surface area contributed by atoms with Crippen molar-refractivity contribution in [1.82, 2.24) is 29.3 Å². The lowest BCUT2D eigenvalue weighted by molar-refractivity contribution is -0.121. The van der Waals surface area contributed by atoms with Crippen LogP contribution in [-0.4, -0.2) is 126 Å². The maximum Gasteiger partial charge on any atom is 0.271 e. The summed E-state index contributed by atoms with van der Waals surface area (Å²) in [6.45, 7) is 2.52. The number of nitrogens with one attached hydrogen (secondary N) is 1. The molecule has 5 heterocycles. The molecule has 19 heteroatoms. The molecular formula is C44H54BrClN8O9. The van der Waals surface area contributed by atoms with Crippen molar-refractivity contribution in [3.63, 3.8) is 0 Å². The zero-order valence-corrected chi connectivity index (χ0v) is 37.1. The Hall–Kier alpha value is -4.60. The van der Waals surface area contributed by atoms with Gasteiger partial charge in [0.25, 0.3) is 11.5 Å². The lowest BCUT2D eigenvalue weighted by Crippen LogP contribution is -2.46. The van der Waals surface area contributed by atoms with Crippen molar-refractivity contribution in [2.24, 2.45) is 5.73 Å². The number of Topliss-reactive ketones (excluding diaryl/α,β-unsaturated/α-hetero) is 1. The van der Waals surface area contributed by atoms with Gasteiger partial charge in [-0.2, -0.15) is 0 Å². The van der Waals surface area contributed by atoms with Crippen molar-refractivity contribution in [3.05, 3.63) is 122 Å². The molecular weight excluding hydrogens is 900 g/mol. The van der Waals surface area contributed by atoms with E-state index in [1.54, 1.807) is 12.1 Å². The molecule has 17 nitrogen and oxygen atoms in total. The molecule has 0 unspecified atom stereocenters. The molecule has 9 N–H and O–H groups in total. The van der Waals surface area contributed by atoms with Crippen LogP contribution in [0.25, 0.3) is 10.9 Å². The third kappa shape index (κ3) is 12.2. The van der Waals surface area contributed by atoms with Crippen LogP contribution < -0.4 is 22.3 Å². The van der Waals surface area contributed by atoms with Crippen LogP contribution in [0.2, 0.25) is 5.02 Å². The summed E-state index contributed by atoms with van der Waals surface area (Å²) in [6, 6.07) is 24.1. The predicted molar refractivity (Wildman–Crippen MR) is 240 cm³/mol. The number of fused-ring (bicyclic) bond motifs is 1. The Morgan fingerprint density at radius 1 is 0.984 bits per heavy atom. The first-order valence-electron chi connectivity index (χ1n) is 20.7. The minimum absolute atomic E-state index is 0.0424. The Morgan fingerprint density at radius 3 is 2.21 bits per heavy atom. The van der Waals surface area contributed by atoms with Gasteiger partial charge < -0.3 is 51.6 Å². The van der Waals surface area contributed by atoms with Crippen LogP contribution in [0.15, 0.2) is 94.7 Å². The molecule has 0 saturated carbocycles. The number of nitrogens with two attached hydrogens (primary N) is 2. The molecule has 338 valence electrons. The molecule has 3 aliphatic heterocycles.